The first-order chi connectivity index (χ1) is 15.5. The summed E-state index contributed by atoms with van der Waals surface area (Å²) < 4.78 is 7.10. The van der Waals surface area contributed by atoms with Crippen LogP contribution >= 0.6 is 11.3 Å². The van der Waals surface area contributed by atoms with Crippen LogP contribution < -0.4 is 10.1 Å². The van der Waals surface area contributed by atoms with E-state index in [1.165, 1.54) is 16.9 Å². The number of aryl methyl sites for hydroxylation is 2. The van der Waals surface area contributed by atoms with E-state index in [4.69, 9.17) is 4.74 Å². The number of phenols is 1. The van der Waals surface area contributed by atoms with Crippen LogP contribution in [0.25, 0.3) is 10.1 Å². The maximum absolute atomic E-state index is 13.5. The van der Waals surface area contributed by atoms with Gasteiger partial charge in [-0.3, -0.25) is 4.79 Å². The largest absolute Gasteiger partial charge is 0.508 e. The van der Waals surface area contributed by atoms with E-state index in [-0.39, 0.29) is 11.5 Å². The van der Waals surface area contributed by atoms with Crippen molar-refractivity contribution in [2.75, 3.05) is 13.1 Å². The van der Waals surface area contributed by atoms with Crippen molar-refractivity contribution in [2.24, 2.45) is 0 Å². The molecule has 4 rings (SSSR count). The molecule has 1 aromatic heterocycles. The molecule has 0 aliphatic heterocycles. The molecule has 4 aromatic rings. The first-order valence-electron chi connectivity index (χ1n) is 10.8. The minimum atomic E-state index is -0.0690. The van der Waals surface area contributed by atoms with Gasteiger partial charge in [0.25, 0.3) is 0 Å². The van der Waals surface area contributed by atoms with Crippen LogP contribution in [-0.4, -0.2) is 24.0 Å². The standard InChI is InChI=1S/C27H27NO3S/c1-4-28-14-13-19-6-9-21(10-7-19)31-26-23-12-8-20(29)16-24(23)32-27(26)25(30)22-11-5-17(2)15-18(22)3/h5-12,15-16,28-29H,4,13-14H2,1-3H3. The van der Waals surface area contributed by atoms with E-state index in [0.29, 0.717) is 21.9 Å². The zero-order chi connectivity index (χ0) is 22.7. The molecule has 0 bridgehead atoms. The number of rotatable bonds is 8. The van der Waals surface area contributed by atoms with Gasteiger partial charge >= 0.3 is 0 Å². The van der Waals surface area contributed by atoms with Crippen molar-refractivity contribution >= 4 is 27.2 Å². The Morgan fingerprint density at radius 3 is 2.53 bits per heavy atom. The van der Waals surface area contributed by atoms with Crippen LogP contribution in [0.15, 0.2) is 60.7 Å². The van der Waals surface area contributed by atoms with Gasteiger partial charge in [-0.05, 0) is 74.8 Å². The predicted octanol–water partition coefficient (Wildman–Crippen LogP) is 6.40. The number of benzene rings is 3. The van der Waals surface area contributed by atoms with Crippen molar-refractivity contribution < 1.29 is 14.6 Å². The highest BCUT2D eigenvalue weighted by molar-refractivity contribution is 7.21. The number of aromatic hydroxyl groups is 1. The Morgan fingerprint density at radius 2 is 1.81 bits per heavy atom. The Bertz CT molecular complexity index is 1260. The normalized spacial score (nSPS) is 11.1. The molecule has 0 fully saturated rings. The second kappa shape index (κ2) is 9.55. The molecule has 0 atom stereocenters. The molecule has 32 heavy (non-hydrogen) atoms. The van der Waals surface area contributed by atoms with Crippen LogP contribution in [0.3, 0.4) is 0 Å². The average molecular weight is 446 g/mol. The number of ketones is 1. The highest BCUT2D eigenvalue weighted by Gasteiger charge is 2.23. The van der Waals surface area contributed by atoms with Crippen molar-refractivity contribution in [3.8, 4) is 17.2 Å². The third-order valence-electron chi connectivity index (χ3n) is 5.44. The highest BCUT2D eigenvalue weighted by atomic mass is 32.1. The number of fused-ring (bicyclic) bond motifs is 1. The molecule has 1 heterocycles. The van der Waals surface area contributed by atoms with Gasteiger partial charge in [-0.2, -0.15) is 0 Å². The lowest BCUT2D eigenvalue weighted by Crippen LogP contribution is -2.15. The summed E-state index contributed by atoms with van der Waals surface area (Å²) in [5, 5.41) is 14.1. The van der Waals surface area contributed by atoms with E-state index < -0.39 is 0 Å². The lowest BCUT2D eigenvalue weighted by Gasteiger charge is -2.10. The Morgan fingerprint density at radius 1 is 1.03 bits per heavy atom. The van der Waals surface area contributed by atoms with Crippen LogP contribution in [0.4, 0.5) is 0 Å². The van der Waals surface area contributed by atoms with Gasteiger partial charge in [-0.25, -0.2) is 0 Å². The molecular formula is C27H27NO3S. The maximum atomic E-state index is 13.5. The third kappa shape index (κ3) is 4.69. The SMILES string of the molecule is CCNCCc1ccc(Oc2c(C(=O)c3ccc(C)cc3C)sc3cc(O)ccc23)cc1. The van der Waals surface area contributed by atoms with Crippen LogP contribution in [0, 0.1) is 13.8 Å². The van der Waals surface area contributed by atoms with Crippen LogP contribution in [-0.2, 0) is 6.42 Å². The molecule has 164 valence electrons. The maximum Gasteiger partial charge on any atom is 0.207 e. The Labute approximate surface area is 192 Å². The lowest BCUT2D eigenvalue weighted by molar-refractivity contribution is 0.104. The molecule has 2 N–H and O–H groups in total. The topological polar surface area (TPSA) is 58.6 Å². The van der Waals surface area contributed by atoms with Gasteiger partial charge in [-0.1, -0.05) is 42.8 Å². The minimum absolute atomic E-state index is 0.0690. The molecule has 0 radical (unpaired) electrons. The first kappa shape index (κ1) is 22.1. The third-order valence-corrected chi connectivity index (χ3v) is 6.58. The number of carbonyl (C=O) groups excluding carboxylic acids is 1. The van der Waals surface area contributed by atoms with Gasteiger partial charge in [0, 0.05) is 15.6 Å². The lowest BCUT2D eigenvalue weighted by atomic mass is 10.0. The molecule has 4 nitrogen and oxygen atoms in total. The number of hydrogen-bond acceptors (Lipinski definition) is 5. The molecule has 0 saturated heterocycles. The van der Waals surface area contributed by atoms with Gasteiger partial charge in [0.1, 0.15) is 16.4 Å². The first-order valence-corrected chi connectivity index (χ1v) is 11.6. The second-order valence-corrected chi connectivity index (χ2v) is 8.99. The Kier molecular flexibility index (Phi) is 6.58. The summed E-state index contributed by atoms with van der Waals surface area (Å²) >= 11 is 1.35. The van der Waals surface area contributed by atoms with Crippen molar-refractivity contribution in [1.29, 1.82) is 0 Å². The summed E-state index contributed by atoms with van der Waals surface area (Å²) in [6.45, 7) is 7.95. The average Bonchev–Trinajstić information content (AvgIpc) is 3.12. The van der Waals surface area contributed by atoms with E-state index in [0.717, 1.165) is 40.7 Å². The van der Waals surface area contributed by atoms with E-state index in [9.17, 15) is 9.90 Å². The number of ether oxygens (including phenoxy) is 1. The van der Waals surface area contributed by atoms with E-state index in [1.807, 2.05) is 44.2 Å². The van der Waals surface area contributed by atoms with E-state index in [1.54, 1.807) is 18.2 Å². The fourth-order valence-corrected chi connectivity index (χ4v) is 4.87. The van der Waals surface area contributed by atoms with Crippen LogP contribution in [0.5, 0.6) is 17.2 Å². The van der Waals surface area contributed by atoms with Crippen molar-refractivity contribution in [1.82, 2.24) is 5.32 Å². The fourth-order valence-electron chi connectivity index (χ4n) is 3.75. The Hall–Kier alpha value is -3.15. The van der Waals surface area contributed by atoms with Gasteiger partial charge in [0.2, 0.25) is 5.78 Å². The van der Waals surface area contributed by atoms with Gasteiger partial charge in [0.05, 0.1) is 0 Å². The molecule has 0 aliphatic rings. The summed E-state index contributed by atoms with van der Waals surface area (Å²) in [6, 6.07) is 18.9. The monoisotopic (exact) mass is 445 g/mol. The smallest absolute Gasteiger partial charge is 0.207 e. The summed E-state index contributed by atoms with van der Waals surface area (Å²) in [5.41, 5.74) is 3.94. The summed E-state index contributed by atoms with van der Waals surface area (Å²) in [6.07, 6.45) is 0.950. The molecule has 5 heteroatoms. The number of carbonyl (C=O) groups is 1. The molecule has 0 amide bonds. The fraction of sp³-hybridized carbons (Fsp3) is 0.222. The van der Waals surface area contributed by atoms with Crippen molar-refractivity contribution in [3.05, 3.63) is 87.8 Å². The van der Waals surface area contributed by atoms with Gasteiger partial charge in [-0.15, -0.1) is 11.3 Å². The number of likely N-dealkylation sites (N-methyl/N-ethyl adjacent to an activating group) is 1. The molecule has 3 aromatic carbocycles. The highest BCUT2D eigenvalue weighted by Crippen LogP contribution is 2.43. The molecule has 0 aliphatic carbocycles. The van der Waals surface area contributed by atoms with E-state index >= 15 is 0 Å². The molecule has 0 unspecified atom stereocenters. The number of thiophene rings is 1. The number of phenolic OH excluding ortho intramolecular Hbond substituents is 1. The minimum Gasteiger partial charge on any atom is -0.508 e. The second-order valence-electron chi connectivity index (χ2n) is 7.94. The number of hydrogen-bond donors (Lipinski definition) is 2. The quantitative estimate of drug-likeness (QED) is 0.243. The van der Waals surface area contributed by atoms with Gasteiger partial charge < -0.3 is 15.2 Å². The Balaban J connectivity index is 1.71. The zero-order valence-corrected chi connectivity index (χ0v) is 19.4. The summed E-state index contributed by atoms with van der Waals surface area (Å²) in [4.78, 5) is 14.0. The molecule has 0 spiro atoms. The van der Waals surface area contributed by atoms with Gasteiger partial charge in [0.15, 0.2) is 5.75 Å². The predicted molar refractivity (Wildman–Crippen MR) is 132 cm³/mol. The van der Waals surface area contributed by atoms with Crippen molar-refractivity contribution in [3.63, 3.8) is 0 Å². The molecular weight excluding hydrogens is 418 g/mol. The van der Waals surface area contributed by atoms with Crippen LogP contribution in [0.2, 0.25) is 0 Å². The van der Waals surface area contributed by atoms with Crippen molar-refractivity contribution in [2.45, 2.75) is 27.2 Å². The summed E-state index contributed by atoms with van der Waals surface area (Å²) in [5.74, 6) is 1.32. The number of nitrogens with one attached hydrogen (secondary N) is 1. The van der Waals surface area contributed by atoms with Crippen LogP contribution in [0.1, 0.15) is 38.8 Å². The molecule has 0 saturated carbocycles. The van der Waals surface area contributed by atoms with E-state index in [2.05, 4.69) is 24.4 Å². The summed E-state index contributed by atoms with van der Waals surface area (Å²) in [7, 11) is 0. The zero-order valence-electron chi connectivity index (χ0n) is 18.6.